The first-order valence-electron chi connectivity index (χ1n) is 6.40. The molecule has 1 aliphatic heterocycles. The standard InChI is InChI=1S/C12H18N4O3/c1-8-3-4-16(9(2)5-8)11(17)7-15-6-10(12(18)19)13-14-15/h6,8-9H,3-5,7H2,1-2H3,(H,18,19). The number of aromatic carboxylic acids is 1. The molecule has 2 heterocycles. The minimum absolute atomic E-state index is 0.0405. The predicted molar refractivity (Wildman–Crippen MR) is 66.6 cm³/mol. The quantitative estimate of drug-likeness (QED) is 0.866. The summed E-state index contributed by atoms with van der Waals surface area (Å²) in [5.41, 5.74) is -0.145. The van der Waals surface area contributed by atoms with E-state index in [0.717, 1.165) is 19.4 Å². The van der Waals surface area contributed by atoms with E-state index >= 15 is 0 Å². The maximum Gasteiger partial charge on any atom is 0.358 e. The van der Waals surface area contributed by atoms with Crippen molar-refractivity contribution in [3.05, 3.63) is 11.9 Å². The van der Waals surface area contributed by atoms with E-state index in [-0.39, 0.29) is 24.2 Å². The molecule has 0 aromatic carbocycles. The number of likely N-dealkylation sites (tertiary alicyclic amines) is 1. The molecule has 104 valence electrons. The van der Waals surface area contributed by atoms with Gasteiger partial charge in [0, 0.05) is 12.6 Å². The number of carboxylic acids is 1. The Hall–Kier alpha value is -1.92. The summed E-state index contributed by atoms with van der Waals surface area (Å²) >= 11 is 0. The lowest BCUT2D eigenvalue weighted by atomic mass is 9.93. The Morgan fingerprint density at radius 1 is 1.47 bits per heavy atom. The Balaban J connectivity index is 1.98. The van der Waals surface area contributed by atoms with Gasteiger partial charge in [-0.2, -0.15) is 0 Å². The van der Waals surface area contributed by atoms with Crippen LogP contribution in [0.15, 0.2) is 6.20 Å². The van der Waals surface area contributed by atoms with Crippen LogP contribution in [0.4, 0.5) is 0 Å². The van der Waals surface area contributed by atoms with E-state index in [1.807, 2.05) is 11.8 Å². The van der Waals surface area contributed by atoms with Gasteiger partial charge in [-0.3, -0.25) is 4.79 Å². The average Bonchev–Trinajstić information content (AvgIpc) is 2.77. The third-order valence-corrected chi connectivity index (χ3v) is 3.51. The Kier molecular flexibility index (Phi) is 3.82. The van der Waals surface area contributed by atoms with Crippen molar-refractivity contribution in [1.82, 2.24) is 19.9 Å². The lowest BCUT2D eigenvalue weighted by molar-refractivity contribution is -0.135. The van der Waals surface area contributed by atoms with Crippen LogP contribution in [-0.2, 0) is 11.3 Å². The minimum Gasteiger partial charge on any atom is -0.476 e. The van der Waals surface area contributed by atoms with E-state index in [4.69, 9.17) is 5.11 Å². The Morgan fingerprint density at radius 2 is 2.21 bits per heavy atom. The van der Waals surface area contributed by atoms with Crippen LogP contribution in [-0.4, -0.2) is 49.5 Å². The van der Waals surface area contributed by atoms with Crippen LogP contribution in [0.2, 0.25) is 0 Å². The molecule has 1 aromatic heterocycles. The first-order valence-corrected chi connectivity index (χ1v) is 6.40. The molecular formula is C12H18N4O3. The van der Waals surface area contributed by atoms with E-state index in [1.165, 1.54) is 10.9 Å². The highest BCUT2D eigenvalue weighted by atomic mass is 16.4. The first kappa shape index (κ1) is 13.5. The van der Waals surface area contributed by atoms with E-state index < -0.39 is 5.97 Å². The first-order chi connectivity index (χ1) is 8.97. The van der Waals surface area contributed by atoms with Gasteiger partial charge in [0.05, 0.1) is 6.20 Å². The van der Waals surface area contributed by atoms with Gasteiger partial charge in [0.1, 0.15) is 6.54 Å². The lowest BCUT2D eigenvalue weighted by Gasteiger charge is -2.36. The van der Waals surface area contributed by atoms with Gasteiger partial charge in [-0.1, -0.05) is 12.1 Å². The van der Waals surface area contributed by atoms with E-state index in [1.54, 1.807) is 0 Å². The molecule has 0 bridgehead atoms. The number of hydrogen-bond acceptors (Lipinski definition) is 4. The monoisotopic (exact) mass is 266 g/mol. The zero-order valence-corrected chi connectivity index (χ0v) is 11.1. The third kappa shape index (κ3) is 3.10. The summed E-state index contributed by atoms with van der Waals surface area (Å²) in [6, 6.07) is 0.221. The van der Waals surface area contributed by atoms with E-state index in [9.17, 15) is 9.59 Å². The maximum absolute atomic E-state index is 12.2. The molecule has 1 saturated heterocycles. The Labute approximate surface area is 111 Å². The van der Waals surface area contributed by atoms with Crippen LogP contribution < -0.4 is 0 Å². The largest absolute Gasteiger partial charge is 0.476 e. The fourth-order valence-corrected chi connectivity index (χ4v) is 2.48. The summed E-state index contributed by atoms with van der Waals surface area (Å²) < 4.78 is 1.27. The van der Waals surface area contributed by atoms with E-state index in [0.29, 0.717) is 5.92 Å². The molecular weight excluding hydrogens is 248 g/mol. The minimum atomic E-state index is -1.14. The second kappa shape index (κ2) is 5.38. The molecule has 1 N–H and O–H groups in total. The van der Waals surface area contributed by atoms with Crippen molar-refractivity contribution in [2.75, 3.05) is 6.54 Å². The number of carboxylic acid groups (broad SMARTS) is 1. The molecule has 2 atom stereocenters. The number of aromatic nitrogens is 3. The van der Waals surface area contributed by atoms with Crippen molar-refractivity contribution in [2.24, 2.45) is 5.92 Å². The second-order valence-electron chi connectivity index (χ2n) is 5.17. The predicted octanol–water partition coefficient (Wildman–Crippen LogP) is 0.623. The van der Waals surface area contributed by atoms with Crippen LogP contribution in [0.25, 0.3) is 0 Å². The van der Waals surface area contributed by atoms with Crippen LogP contribution in [0, 0.1) is 5.92 Å². The van der Waals surface area contributed by atoms with Crippen LogP contribution >= 0.6 is 0 Å². The normalized spacial score (nSPS) is 23.4. The van der Waals surface area contributed by atoms with Crippen molar-refractivity contribution in [3.8, 4) is 0 Å². The molecule has 19 heavy (non-hydrogen) atoms. The Bertz CT molecular complexity index is 485. The molecule has 2 rings (SSSR count). The molecule has 1 fully saturated rings. The van der Waals surface area contributed by atoms with Crippen LogP contribution in [0.3, 0.4) is 0 Å². The van der Waals surface area contributed by atoms with Crippen molar-refractivity contribution >= 4 is 11.9 Å². The van der Waals surface area contributed by atoms with Crippen molar-refractivity contribution in [2.45, 2.75) is 39.3 Å². The summed E-state index contributed by atoms with van der Waals surface area (Å²) in [6.45, 7) is 5.02. The third-order valence-electron chi connectivity index (χ3n) is 3.51. The lowest BCUT2D eigenvalue weighted by Crippen LogP contribution is -2.45. The number of carbonyl (C=O) groups excluding carboxylic acids is 1. The number of carbonyl (C=O) groups is 2. The zero-order chi connectivity index (χ0) is 14.0. The highest BCUT2D eigenvalue weighted by Gasteiger charge is 2.27. The van der Waals surface area contributed by atoms with Crippen LogP contribution in [0.5, 0.6) is 0 Å². The molecule has 0 spiro atoms. The van der Waals surface area contributed by atoms with Crippen LogP contribution in [0.1, 0.15) is 37.2 Å². The number of nitrogens with zero attached hydrogens (tertiary/aromatic N) is 4. The molecule has 7 nitrogen and oxygen atoms in total. The summed E-state index contributed by atoms with van der Waals surface area (Å²) in [5, 5.41) is 15.9. The van der Waals surface area contributed by atoms with E-state index in [2.05, 4.69) is 17.2 Å². The second-order valence-corrected chi connectivity index (χ2v) is 5.17. The van der Waals surface area contributed by atoms with Gasteiger partial charge in [0.25, 0.3) is 0 Å². The molecule has 7 heteroatoms. The molecule has 0 aliphatic carbocycles. The van der Waals surface area contributed by atoms with Gasteiger partial charge in [0.15, 0.2) is 5.69 Å². The highest BCUT2D eigenvalue weighted by molar-refractivity contribution is 5.84. The topological polar surface area (TPSA) is 88.3 Å². The fourth-order valence-electron chi connectivity index (χ4n) is 2.48. The van der Waals surface area contributed by atoms with Gasteiger partial charge in [-0.25, -0.2) is 9.48 Å². The number of piperidine rings is 1. The number of rotatable bonds is 3. The molecule has 1 aromatic rings. The SMILES string of the molecule is CC1CCN(C(=O)Cn2cc(C(=O)O)nn2)C(C)C1. The summed E-state index contributed by atoms with van der Waals surface area (Å²) in [6.07, 6.45) is 3.29. The molecule has 0 saturated carbocycles. The van der Waals surface area contributed by atoms with Crippen molar-refractivity contribution in [1.29, 1.82) is 0 Å². The van der Waals surface area contributed by atoms with Gasteiger partial charge in [0.2, 0.25) is 5.91 Å². The van der Waals surface area contributed by atoms with Gasteiger partial charge >= 0.3 is 5.97 Å². The smallest absolute Gasteiger partial charge is 0.358 e. The maximum atomic E-state index is 12.2. The van der Waals surface area contributed by atoms with Gasteiger partial charge in [-0.05, 0) is 25.7 Å². The van der Waals surface area contributed by atoms with Gasteiger partial charge < -0.3 is 10.0 Å². The number of amides is 1. The average molecular weight is 266 g/mol. The van der Waals surface area contributed by atoms with Gasteiger partial charge in [-0.15, -0.1) is 5.10 Å². The molecule has 2 unspecified atom stereocenters. The number of hydrogen-bond donors (Lipinski definition) is 1. The molecule has 1 aliphatic rings. The van der Waals surface area contributed by atoms with Crippen molar-refractivity contribution < 1.29 is 14.7 Å². The fraction of sp³-hybridized carbons (Fsp3) is 0.667. The highest BCUT2D eigenvalue weighted by Crippen LogP contribution is 2.22. The van der Waals surface area contributed by atoms with Crippen molar-refractivity contribution in [3.63, 3.8) is 0 Å². The summed E-state index contributed by atoms with van der Waals surface area (Å²) in [5.74, 6) is -0.538. The summed E-state index contributed by atoms with van der Waals surface area (Å²) in [7, 11) is 0. The molecule has 0 radical (unpaired) electrons. The summed E-state index contributed by atoms with van der Waals surface area (Å²) in [4.78, 5) is 24.7. The molecule has 1 amide bonds. The zero-order valence-electron chi connectivity index (χ0n) is 11.1. The Morgan fingerprint density at radius 3 is 2.79 bits per heavy atom.